The van der Waals surface area contributed by atoms with Crippen molar-refractivity contribution in [3.63, 3.8) is 0 Å². The summed E-state index contributed by atoms with van der Waals surface area (Å²) in [6.07, 6.45) is 2.72. The molecule has 0 radical (unpaired) electrons. The lowest BCUT2D eigenvalue weighted by Crippen LogP contribution is -2.49. The maximum absolute atomic E-state index is 13.0. The zero-order valence-corrected chi connectivity index (χ0v) is 18.9. The Morgan fingerprint density at radius 1 is 1.17 bits per heavy atom. The summed E-state index contributed by atoms with van der Waals surface area (Å²) in [5.74, 6) is -0.338. The number of primary amides is 1. The average Bonchev–Trinajstić information content (AvgIpc) is 3.44. The second-order valence-corrected chi connectivity index (χ2v) is 8.63. The Morgan fingerprint density at radius 2 is 1.94 bits per heavy atom. The first-order valence-electron chi connectivity index (χ1n) is 11.2. The van der Waals surface area contributed by atoms with Crippen LogP contribution in [0.15, 0.2) is 60.9 Å². The lowest BCUT2D eigenvalue weighted by molar-refractivity contribution is -0.126. The average molecular weight is 473 g/mol. The minimum atomic E-state index is -0.617. The van der Waals surface area contributed by atoms with Crippen molar-refractivity contribution in [2.45, 2.75) is 38.6 Å². The van der Waals surface area contributed by atoms with E-state index >= 15 is 0 Å². The summed E-state index contributed by atoms with van der Waals surface area (Å²) in [6, 6.07) is 12.7. The molecule has 10 nitrogen and oxygen atoms in total. The topological polar surface area (TPSA) is 132 Å². The molecule has 3 N–H and O–H groups in total. The number of nitrogens with zero attached hydrogens (tertiary/aromatic N) is 4. The molecular formula is C25H24N6O4. The first kappa shape index (κ1) is 22.3. The van der Waals surface area contributed by atoms with Gasteiger partial charge in [-0.05, 0) is 36.1 Å². The van der Waals surface area contributed by atoms with Crippen LogP contribution in [0.1, 0.15) is 50.4 Å². The van der Waals surface area contributed by atoms with Crippen LogP contribution in [-0.2, 0) is 24.5 Å². The van der Waals surface area contributed by atoms with Gasteiger partial charge in [-0.25, -0.2) is 4.68 Å². The summed E-state index contributed by atoms with van der Waals surface area (Å²) in [7, 11) is 0. The Labute approximate surface area is 201 Å². The van der Waals surface area contributed by atoms with E-state index in [4.69, 9.17) is 10.5 Å². The molecule has 2 aliphatic rings. The van der Waals surface area contributed by atoms with Gasteiger partial charge in [0.15, 0.2) is 5.69 Å². The van der Waals surface area contributed by atoms with Gasteiger partial charge in [-0.2, -0.15) is 0 Å². The second-order valence-electron chi connectivity index (χ2n) is 8.63. The number of carbonyl (C=O) groups is 3. The van der Waals surface area contributed by atoms with E-state index in [0.29, 0.717) is 49.5 Å². The van der Waals surface area contributed by atoms with Crippen molar-refractivity contribution >= 4 is 17.7 Å². The monoisotopic (exact) mass is 472 g/mol. The van der Waals surface area contributed by atoms with Crippen LogP contribution < -0.4 is 15.8 Å². The number of aromatic nitrogens is 3. The number of amides is 3. The quantitative estimate of drug-likeness (QED) is 0.538. The van der Waals surface area contributed by atoms with E-state index in [1.54, 1.807) is 21.7 Å². The second kappa shape index (κ2) is 9.05. The van der Waals surface area contributed by atoms with E-state index in [9.17, 15) is 14.4 Å². The van der Waals surface area contributed by atoms with Gasteiger partial charge in [-0.15, -0.1) is 5.10 Å². The van der Waals surface area contributed by atoms with Crippen LogP contribution in [0.2, 0.25) is 0 Å². The molecule has 2 aromatic carbocycles. The predicted octanol–water partition coefficient (Wildman–Crippen LogP) is 1.75. The number of ether oxygens (including phenoxy) is 1. The number of hydrogen-bond donors (Lipinski definition) is 2. The van der Waals surface area contributed by atoms with Crippen LogP contribution in [0, 0.1) is 0 Å². The van der Waals surface area contributed by atoms with Gasteiger partial charge < -0.3 is 20.7 Å². The Morgan fingerprint density at radius 3 is 2.66 bits per heavy atom. The van der Waals surface area contributed by atoms with Gasteiger partial charge in [0, 0.05) is 16.8 Å². The van der Waals surface area contributed by atoms with Crippen molar-refractivity contribution < 1.29 is 19.1 Å². The highest BCUT2D eigenvalue weighted by atomic mass is 16.5. The molecule has 0 bridgehead atoms. The van der Waals surface area contributed by atoms with Crippen molar-refractivity contribution in [2.24, 2.45) is 5.73 Å². The SMILES string of the molecule is C=C1CCC(N2Cc3c(OCc4ccc(Cn5cc(C(N)=O)nn5)cc4)cccc3C2=O)C(=O)N1. The third-order valence-corrected chi connectivity index (χ3v) is 6.20. The van der Waals surface area contributed by atoms with Gasteiger partial charge in [0.1, 0.15) is 18.4 Å². The molecule has 1 unspecified atom stereocenters. The first-order valence-corrected chi connectivity index (χ1v) is 11.2. The molecule has 5 rings (SSSR count). The van der Waals surface area contributed by atoms with Gasteiger partial charge >= 0.3 is 0 Å². The van der Waals surface area contributed by atoms with Crippen LogP contribution in [0.4, 0.5) is 0 Å². The lowest BCUT2D eigenvalue weighted by atomic mass is 10.0. The smallest absolute Gasteiger partial charge is 0.270 e. The van der Waals surface area contributed by atoms with Crippen LogP contribution in [-0.4, -0.2) is 43.7 Å². The van der Waals surface area contributed by atoms with Crippen molar-refractivity contribution in [2.75, 3.05) is 0 Å². The number of benzene rings is 2. The maximum atomic E-state index is 13.0. The largest absolute Gasteiger partial charge is 0.489 e. The van der Waals surface area contributed by atoms with E-state index in [2.05, 4.69) is 22.2 Å². The molecule has 0 spiro atoms. The van der Waals surface area contributed by atoms with E-state index < -0.39 is 11.9 Å². The minimum Gasteiger partial charge on any atom is -0.489 e. The third-order valence-electron chi connectivity index (χ3n) is 6.20. The summed E-state index contributed by atoms with van der Waals surface area (Å²) in [6.45, 7) is 4.91. The normalized spacial score (nSPS) is 17.3. The molecule has 10 heteroatoms. The van der Waals surface area contributed by atoms with Gasteiger partial charge in [0.2, 0.25) is 5.91 Å². The summed E-state index contributed by atoms with van der Waals surface area (Å²) in [4.78, 5) is 38.2. The standard InChI is InChI=1S/C25H24N6O4/c1-15-5-10-21(24(33)27-15)31-12-19-18(25(31)34)3-2-4-22(19)35-14-17-8-6-16(7-9-17)11-30-13-20(23(26)32)28-29-30/h2-4,6-9,13,21H,1,5,10-12,14H2,(H2,26,32)(H,27,33). The highest BCUT2D eigenvalue weighted by Gasteiger charge is 2.39. The van der Waals surface area contributed by atoms with Gasteiger partial charge in [-0.1, -0.05) is 42.1 Å². The molecular weight excluding hydrogens is 448 g/mol. The van der Waals surface area contributed by atoms with E-state index in [-0.39, 0.29) is 17.5 Å². The number of carbonyl (C=O) groups excluding carboxylic acids is 3. The van der Waals surface area contributed by atoms with E-state index in [1.165, 1.54) is 6.20 Å². The fourth-order valence-corrected chi connectivity index (χ4v) is 4.35. The molecule has 3 aromatic rings. The fraction of sp³-hybridized carbons (Fsp3) is 0.240. The Kier molecular flexibility index (Phi) is 5.77. The minimum absolute atomic E-state index is 0.122. The highest BCUT2D eigenvalue weighted by molar-refractivity contribution is 6.02. The molecule has 3 amide bonds. The van der Waals surface area contributed by atoms with Gasteiger partial charge in [-0.3, -0.25) is 14.4 Å². The Hall–Kier alpha value is -4.47. The number of piperidine rings is 1. The van der Waals surface area contributed by atoms with Crippen LogP contribution in [0.3, 0.4) is 0 Å². The Balaban J connectivity index is 1.24. The molecule has 1 atom stereocenters. The zero-order valence-electron chi connectivity index (χ0n) is 18.9. The molecule has 2 aliphatic heterocycles. The summed E-state index contributed by atoms with van der Waals surface area (Å²) < 4.78 is 7.62. The summed E-state index contributed by atoms with van der Waals surface area (Å²) in [5.41, 5.74) is 9.31. The summed E-state index contributed by atoms with van der Waals surface area (Å²) >= 11 is 0. The number of rotatable bonds is 7. The maximum Gasteiger partial charge on any atom is 0.270 e. The summed E-state index contributed by atoms with van der Waals surface area (Å²) in [5, 5.41) is 10.4. The van der Waals surface area contributed by atoms with Crippen molar-refractivity contribution in [3.8, 4) is 5.75 Å². The highest BCUT2D eigenvalue weighted by Crippen LogP contribution is 2.34. The number of nitrogens with two attached hydrogens (primary N) is 1. The fourth-order valence-electron chi connectivity index (χ4n) is 4.35. The van der Waals surface area contributed by atoms with E-state index in [0.717, 1.165) is 16.7 Å². The van der Waals surface area contributed by atoms with Crippen molar-refractivity contribution in [1.82, 2.24) is 25.2 Å². The van der Waals surface area contributed by atoms with Crippen LogP contribution >= 0.6 is 0 Å². The van der Waals surface area contributed by atoms with Crippen LogP contribution in [0.25, 0.3) is 0 Å². The predicted molar refractivity (Wildman–Crippen MR) is 125 cm³/mol. The molecule has 0 saturated carbocycles. The molecule has 178 valence electrons. The Bertz CT molecular complexity index is 1330. The van der Waals surface area contributed by atoms with Gasteiger partial charge in [0.25, 0.3) is 11.8 Å². The number of fused-ring (bicyclic) bond motifs is 1. The lowest BCUT2D eigenvalue weighted by Gasteiger charge is -2.31. The van der Waals surface area contributed by atoms with Gasteiger partial charge in [0.05, 0.1) is 19.3 Å². The van der Waals surface area contributed by atoms with Crippen LogP contribution in [0.5, 0.6) is 5.75 Å². The molecule has 1 aromatic heterocycles. The molecule has 1 fully saturated rings. The third kappa shape index (κ3) is 4.50. The number of nitrogens with one attached hydrogen (secondary N) is 1. The number of allylic oxidation sites excluding steroid dienone is 1. The molecule has 3 heterocycles. The number of hydrogen-bond acceptors (Lipinski definition) is 6. The molecule has 1 saturated heterocycles. The first-order chi connectivity index (χ1) is 16.9. The van der Waals surface area contributed by atoms with Crippen molar-refractivity contribution in [3.05, 3.63) is 88.9 Å². The van der Waals surface area contributed by atoms with Crippen molar-refractivity contribution in [1.29, 1.82) is 0 Å². The molecule has 0 aliphatic carbocycles. The molecule has 35 heavy (non-hydrogen) atoms. The zero-order chi connectivity index (χ0) is 24.5. The van der Waals surface area contributed by atoms with E-state index in [1.807, 2.05) is 30.3 Å².